The number of rotatable bonds is 10. The molecule has 0 radical (unpaired) electrons. The number of hydrogen-bond acceptors (Lipinski definition) is 3. The van der Waals surface area contributed by atoms with Gasteiger partial charge in [0.2, 0.25) is 0 Å². The van der Waals surface area contributed by atoms with Crippen LogP contribution < -0.4 is 14.8 Å². The van der Waals surface area contributed by atoms with Gasteiger partial charge in [-0.1, -0.05) is 31.2 Å². The molecule has 2 aromatic carbocycles. The molecule has 1 N–H and O–H groups in total. The van der Waals surface area contributed by atoms with Gasteiger partial charge in [-0.15, -0.1) is 6.58 Å². The van der Waals surface area contributed by atoms with Crippen LogP contribution in [0.3, 0.4) is 0 Å². The SMILES string of the molecule is C=CCc1cc(CNc2ccccc2C)cc(OCC)c1OCCC. The Balaban J connectivity index is 2.27. The molecule has 0 atom stereocenters. The smallest absolute Gasteiger partial charge is 0.164 e. The second kappa shape index (κ2) is 9.77. The Morgan fingerprint density at radius 3 is 2.60 bits per heavy atom. The van der Waals surface area contributed by atoms with Gasteiger partial charge in [-0.2, -0.15) is 0 Å². The predicted molar refractivity (Wildman–Crippen MR) is 106 cm³/mol. The van der Waals surface area contributed by atoms with Crippen LogP contribution >= 0.6 is 0 Å². The monoisotopic (exact) mass is 339 g/mol. The van der Waals surface area contributed by atoms with E-state index in [2.05, 4.69) is 56.1 Å². The summed E-state index contributed by atoms with van der Waals surface area (Å²) in [5.74, 6) is 1.67. The van der Waals surface area contributed by atoms with E-state index in [1.54, 1.807) is 0 Å². The Morgan fingerprint density at radius 1 is 1.12 bits per heavy atom. The van der Waals surface area contributed by atoms with E-state index in [1.165, 1.54) is 11.1 Å². The zero-order chi connectivity index (χ0) is 18.1. The highest BCUT2D eigenvalue weighted by atomic mass is 16.5. The van der Waals surface area contributed by atoms with Crippen molar-refractivity contribution in [3.8, 4) is 11.5 Å². The molecule has 0 aliphatic rings. The van der Waals surface area contributed by atoms with Crippen molar-refractivity contribution < 1.29 is 9.47 Å². The van der Waals surface area contributed by atoms with E-state index in [1.807, 2.05) is 19.1 Å². The summed E-state index contributed by atoms with van der Waals surface area (Å²) in [5.41, 5.74) is 4.68. The van der Waals surface area contributed by atoms with Crippen LogP contribution in [0.25, 0.3) is 0 Å². The zero-order valence-corrected chi connectivity index (χ0v) is 15.6. The minimum Gasteiger partial charge on any atom is -0.490 e. The van der Waals surface area contributed by atoms with Crippen LogP contribution in [0, 0.1) is 6.92 Å². The first-order valence-electron chi connectivity index (χ1n) is 9.01. The van der Waals surface area contributed by atoms with Crippen LogP contribution in [0.15, 0.2) is 49.1 Å². The molecule has 0 aromatic heterocycles. The van der Waals surface area contributed by atoms with Crippen LogP contribution in [0.1, 0.15) is 37.0 Å². The summed E-state index contributed by atoms with van der Waals surface area (Å²) < 4.78 is 11.8. The van der Waals surface area contributed by atoms with Crippen LogP contribution in [0.2, 0.25) is 0 Å². The van der Waals surface area contributed by atoms with Gasteiger partial charge in [0.15, 0.2) is 11.5 Å². The third-order valence-corrected chi connectivity index (χ3v) is 3.93. The van der Waals surface area contributed by atoms with Crippen LogP contribution in [0.4, 0.5) is 5.69 Å². The number of para-hydroxylation sites is 1. The number of benzene rings is 2. The average Bonchev–Trinajstić information content (AvgIpc) is 2.61. The second-order valence-corrected chi connectivity index (χ2v) is 6.02. The molecule has 0 unspecified atom stereocenters. The van der Waals surface area contributed by atoms with Gasteiger partial charge in [0.25, 0.3) is 0 Å². The average molecular weight is 339 g/mol. The van der Waals surface area contributed by atoms with Gasteiger partial charge in [-0.3, -0.25) is 0 Å². The fraction of sp³-hybridized carbons (Fsp3) is 0.364. The quantitative estimate of drug-likeness (QED) is 0.578. The number of allylic oxidation sites excluding steroid dienone is 1. The molecule has 0 amide bonds. The largest absolute Gasteiger partial charge is 0.490 e. The van der Waals surface area contributed by atoms with Crippen LogP contribution in [-0.2, 0) is 13.0 Å². The second-order valence-electron chi connectivity index (χ2n) is 6.02. The van der Waals surface area contributed by atoms with E-state index in [9.17, 15) is 0 Å². The lowest BCUT2D eigenvalue weighted by atomic mass is 10.0. The molecule has 0 spiro atoms. The summed E-state index contributed by atoms with van der Waals surface area (Å²) in [6.07, 6.45) is 3.63. The Labute approximate surface area is 151 Å². The minimum absolute atomic E-state index is 0.616. The molecule has 2 rings (SSSR count). The summed E-state index contributed by atoms with van der Waals surface area (Å²) in [6.45, 7) is 12.1. The highest BCUT2D eigenvalue weighted by molar-refractivity contribution is 5.53. The van der Waals surface area contributed by atoms with Crippen molar-refractivity contribution >= 4 is 5.69 Å². The number of nitrogens with one attached hydrogen (secondary N) is 1. The fourth-order valence-electron chi connectivity index (χ4n) is 2.73. The normalized spacial score (nSPS) is 10.4. The Hall–Kier alpha value is -2.42. The standard InChI is InChI=1S/C22H29NO2/c1-5-10-19-14-18(16-23-20-12-9-8-11-17(20)4)15-21(24-7-3)22(19)25-13-6-2/h5,8-9,11-12,14-15,23H,1,6-7,10,13,16H2,2-4H3. The van der Waals surface area contributed by atoms with Crippen LogP contribution in [-0.4, -0.2) is 13.2 Å². The molecule has 25 heavy (non-hydrogen) atoms. The first-order chi connectivity index (χ1) is 12.2. The Kier molecular flexibility index (Phi) is 7.39. The van der Waals surface area contributed by atoms with Gasteiger partial charge in [-0.05, 0) is 56.0 Å². The molecule has 0 heterocycles. The molecule has 2 aromatic rings. The van der Waals surface area contributed by atoms with E-state index < -0.39 is 0 Å². The summed E-state index contributed by atoms with van der Waals surface area (Å²) in [6, 6.07) is 12.6. The van der Waals surface area contributed by atoms with Gasteiger partial charge in [0.05, 0.1) is 13.2 Å². The van der Waals surface area contributed by atoms with E-state index >= 15 is 0 Å². The molecular formula is C22H29NO2. The lowest BCUT2D eigenvalue weighted by molar-refractivity contribution is 0.274. The van der Waals surface area contributed by atoms with Crippen molar-refractivity contribution in [2.24, 2.45) is 0 Å². The molecule has 0 bridgehead atoms. The Morgan fingerprint density at radius 2 is 1.92 bits per heavy atom. The molecule has 134 valence electrons. The van der Waals surface area contributed by atoms with E-state index in [-0.39, 0.29) is 0 Å². The number of anilines is 1. The lowest BCUT2D eigenvalue weighted by Crippen LogP contribution is -2.06. The third kappa shape index (κ3) is 5.28. The summed E-state index contributed by atoms with van der Waals surface area (Å²) >= 11 is 0. The highest BCUT2D eigenvalue weighted by Gasteiger charge is 2.13. The maximum atomic E-state index is 5.97. The lowest BCUT2D eigenvalue weighted by Gasteiger charge is -2.18. The van der Waals surface area contributed by atoms with E-state index in [4.69, 9.17) is 9.47 Å². The van der Waals surface area contributed by atoms with Gasteiger partial charge < -0.3 is 14.8 Å². The topological polar surface area (TPSA) is 30.5 Å². The molecule has 3 heteroatoms. The van der Waals surface area contributed by atoms with Crippen molar-refractivity contribution in [2.45, 2.75) is 40.2 Å². The first kappa shape index (κ1) is 18.9. The molecule has 0 saturated carbocycles. The van der Waals surface area contributed by atoms with Crippen molar-refractivity contribution in [3.63, 3.8) is 0 Å². The Bertz CT molecular complexity index is 694. The molecule has 0 fully saturated rings. The number of aryl methyl sites for hydroxylation is 1. The van der Waals surface area contributed by atoms with Gasteiger partial charge >= 0.3 is 0 Å². The number of hydrogen-bond donors (Lipinski definition) is 1. The van der Waals surface area contributed by atoms with Gasteiger partial charge in [0.1, 0.15) is 0 Å². The molecular weight excluding hydrogens is 310 g/mol. The summed E-state index contributed by atoms with van der Waals surface area (Å²) in [7, 11) is 0. The van der Waals surface area contributed by atoms with Crippen molar-refractivity contribution in [3.05, 3.63) is 65.7 Å². The van der Waals surface area contributed by atoms with Crippen molar-refractivity contribution in [1.29, 1.82) is 0 Å². The first-order valence-corrected chi connectivity index (χ1v) is 9.01. The highest BCUT2D eigenvalue weighted by Crippen LogP contribution is 2.34. The molecule has 0 aliphatic carbocycles. The van der Waals surface area contributed by atoms with Crippen molar-refractivity contribution in [2.75, 3.05) is 18.5 Å². The summed E-state index contributed by atoms with van der Waals surface area (Å²) in [4.78, 5) is 0. The maximum absolute atomic E-state index is 5.97. The van der Waals surface area contributed by atoms with Gasteiger partial charge in [0, 0.05) is 17.8 Å². The zero-order valence-electron chi connectivity index (χ0n) is 15.6. The predicted octanol–water partition coefficient (Wildman–Crippen LogP) is 5.52. The van der Waals surface area contributed by atoms with E-state index in [0.29, 0.717) is 13.2 Å². The third-order valence-electron chi connectivity index (χ3n) is 3.93. The van der Waals surface area contributed by atoms with Gasteiger partial charge in [-0.25, -0.2) is 0 Å². The molecule has 0 aliphatic heterocycles. The number of ether oxygens (including phenoxy) is 2. The molecule has 3 nitrogen and oxygen atoms in total. The summed E-state index contributed by atoms with van der Waals surface area (Å²) in [5, 5.41) is 3.51. The fourth-order valence-corrected chi connectivity index (χ4v) is 2.73. The molecule has 0 saturated heterocycles. The maximum Gasteiger partial charge on any atom is 0.164 e. The minimum atomic E-state index is 0.616. The van der Waals surface area contributed by atoms with Crippen LogP contribution in [0.5, 0.6) is 11.5 Å². The van der Waals surface area contributed by atoms with Crippen molar-refractivity contribution in [1.82, 2.24) is 0 Å². The van der Waals surface area contributed by atoms with E-state index in [0.717, 1.165) is 42.1 Å².